The lowest BCUT2D eigenvalue weighted by molar-refractivity contribution is 0.583. The molecule has 30 heavy (non-hydrogen) atoms. The summed E-state index contributed by atoms with van der Waals surface area (Å²) in [5.74, 6) is 2.90. The predicted octanol–water partition coefficient (Wildman–Crippen LogP) is 1.36. The number of aromatic nitrogens is 2. The minimum absolute atomic E-state index is 0.0409. The molecule has 1 fully saturated rings. The number of rotatable bonds is 3. The van der Waals surface area contributed by atoms with Crippen molar-refractivity contribution in [3.63, 3.8) is 0 Å². The predicted molar refractivity (Wildman–Crippen MR) is 108 cm³/mol. The van der Waals surface area contributed by atoms with Crippen LogP contribution in [0.3, 0.4) is 0 Å². The molecule has 0 amide bonds. The lowest BCUT2D eigenvalue weighted by Gasteiger charge is -2.23. The molecule has 1 aliphatic heterocycles. The number of nitrogens with two attached hydrogens (primary N) is 2. The normalized spacial score (nSPS) is 16.4. The summed E-state index contributed by atoms with van der Waals surface area (Å²) in [5, 5.41) is -0.550. The molecular weight excluding hydrogens is 425 g/mol. The van der Waals surface area contributed by atoms with Crippen molar-refractivity contribution in [2.24, 2.45) is 5.73 Å². The number of benzene rings is 2. The van der Waals surface area contributed by atoms with Gasteiger partial charge in [0, 0.05) is 25.2 Å². The molecule has 0 aliphatic carbocycles. The third-order valence-corrected chi connectivity index (χ3v) is 5.30. The average Bonchev–Trinajstić information content (AvgIpc) is 3.11. The highest BCUT2D eigenvalue weighted by Crippen LogP contribution is 2.36. The SMILES string of the molecule is NC1CCN(c2c(F)cc3c(=O)n(N)c(=O)n(Nc4ccc(F)cc4F)c3c2Cl)C1. The third kappa shape index (κ3) is 3.15. The van der Waals surface area contributed by atoms with Gasteiger partial charge in [0.25, 0.3) is 5.56 Å². The molecule has 1 atom stereocenters. The van der Waals surface area contributed by atoms with Crippen LogP contribution in [0.15, 0.2) is 33.9 Å². The van der Waals surface area contributed by atoms with E-state index in [1.165, 1.54) is 0 Å². The molecule has 2 heterocycles. The smallest absolute Gasteiger partial charge is 0.366 e. The molecular formula is C18H16ClF3N6O2. The lowest BCUT2D eigenvalue weighted by atomic mass is 10.2. The quantitative estimate of drug-likeness (QED) is 0.530. The monoisotopic (exact) mass is 440 g/mol. The van der Waals surface area contributed by atoms with E-state index in [-0.39, 0.29) is 38.0 Å². The van der Waals surface area contributed by atoms with Crippen LogP contribution in [0.1, 0.15) is 6.42 Å². The maximum atomic E-state index is 14.9. The molecule has 1 aromatic heterocycles. The van der Waals surface area contributed by atoms with Crippen molar-refractivity contribution >= 4 is 33.9 Å². The highest BCUT2D eigenvalue weighted by molar-refractivity contribution is 6.38. The van der Waals surface area contributed by atoms with Gasteiger partial charge in [0.15, 0.2) is 5.82 Å². The molecule has 1 unspecified atom stereocenters. The Morgan fingerprint density at radius 2 is 1.87 bits per heavy atom. The zero-order valence-electron chi connectivity index (χ0n) is 15.3. The number of anilines is 2. The summed E-state index contributed by atoms with van der Waals surface area (Å²) in [7, 11) is 0. The Labute approximate surface area is 172 Å². The van der Waals surface area contributed by atoms with Crippen LogP contribution in [0.4, 0.5) is 24.5 Å². The highest BCUT2D eigenvalue weighted by atomic mass is 35.5. The van der Waals surface area contributed by atoms with Crippen LogP contribution in [-0.4, -0.2) is 28.5 Å². The number of hydrogen-bond donors (Lipinski definition) is 3. The summed E-state index contributed by atoms with van der Waals surface area (Å²) >= 11 is 6.44. The second-order valence-corrected chi connectivity index (χ2v) is 7.32. The fraction of sp³-hybridized carbons (Fsp3) is 0.222. The van der Waals surface area contributed by atoms with Gasteiger partial charge in [-0.3, -0.25) is 10.2 Å². The molecule has 0 saturated carbocycles. The first kappa shape index (κ1) is 20.1. The summed E-state index contributed by atoms with van der Waals surface area (Å²) in [6.07, 6.45) is 0.601. The molecule has 0 spiro atoms. The maximum Gasteiger partial charge on any atom is 0.369 e. The second kappa shape index (κ2) is 7.26. The van der Waals surface area contributed by atoms with Gasteiger partial charge in [0.05, 0.1) is 21.8 Å². The van der Waals surface area contributed by atoms with Crippen LogP contribution in [0.2, 0.25) is 5.02 Å². The van der Waals surface area contributed by atoms with E-state index < -0.39 is 28.7 Å². The number of fused-ring (bicyclic) bond motifs is 1. The Morgan fingerprint density at radius 1 is 1.13 bits per heavy atom. The van der Waals surface area contributed by atoms with Crippen molar-refractivity contribution in [2.75, 3.05) is 29.3 Å². The first-order valence-corrected chi connectivity index (χ1v) is 9.24. The fourth-order valence-electron chi connectivity index (χ4n) is 3.48. The van der Waals surface area contributed by atoms with Crippen LogP contribution in [0, 0.1) is 17.5 Å². The van der Waals surface area contributed by atoms with Gasteiger partial charge in [0.1, 0.15) is 17.2 Å². The molecule has 0 bridgehead atoms. The Bertz CT molecular complexity index is 1290. The summed E-state index contributed by atoms with van der Waals surface area (Å²) in [6.45, 7) is 0.738. The van der Waals surface area contributed by atoms with Crippen molar-refractivity contribution in [3.8, 4) is 0 Å². The number of nitrogens with one attached hydrogen (secondary N) is 1. The Balaban J connectivity index is 2.01. The van der Waals surface area contributed by atoms with Gasteiger partial charge in [-0.1, -0.05) is 11.6 Å². The van der Waals surface area contributed by atoms with E-state index in [0.29, 0.717) is 30.3 Å². The fourth-order valence-corrected chi connectivity index (χ4v) is 3.88. The average molecular weight is 441 g/mol. The summed E-state index contributed by atoms with van der Waals surface area (Å²) in [4.78, 5) is 26.7. The zero-order chi connectivity index (χ0) is 21.7. The van der Waals surface area contributed by atoms with Crippen molar-refractivity contribution in [2.45, 2.75) is 12.5 Å². The second-order valence-electron chi connectivity index (χ2n) is 6.94. The summed E-state index contributed by atoms with van der Waals surface area (Å²) in [5.41, 5.74) is 5.72. The molecule has 3 aromatic rings. The van der Waals surface area contributed by atoms with E-state index in [1.54, 1.807) is 4.90 Å². The van der Waals surface area contributed by atoms with Crippen LogP contribution >= 0.6 is 11.6 Å². The molecule has 12 heteroatoms. The molecule has 4 rings (SSSR count). The first-order chi connectivity index (χ1) is 14.2. The van der Waals surface area contributed by atoms with Crippen molar-refractivity contribution in [1.82, 2.24) is 9.35 Å². The standard InChI is InChI=1S/C18H16ClF3N6O2/c19-14-15-10(6-12(22)16(14)26-4-3-9(23)7-26)17(29)27(24)18(30)28(15)25-13-2-1-8(20)5-11(13)21/h1-2,5-6,9,25H,3-4,7,23-24H2. The lowest BCUT2D eigenvalue weighted by Crippen LogP contribution is -2.46. The van der Waals surface area contributed by atoms with E-state index in [9.17, 15) is 22.8 Å². The van der Waals surface area contributed by atoms with Crippen LogP contribution in [-0.2, 0) is 0 Å². The minimum atomic E-state index is -1.09. The van der Waals surface area contributed by atoms with Gasteiger partial charge in [-0.2, -0.15) is 4.68 Å². The molecule has 8 nitrogen and oxygen atoms in total. The Morgan fingerprint density at radius 3 is 2.50 bits per heavy atom. The molecule has 1 aliphatic rings. The molecule has 0 radical (unpaired) electrons. The molecule has 2 aromatic carbocycles. The minimum Gasteiger partial charge on any atom is -0.366 e. The van der Waals surface area contributed by atoms with Crippen LogP contribution in [0.5, 0.6) is 0 Å². The number of nitrogens with zero attached hydrogens (tertiary/aromatic N) is 3. The Kier molecular flexibility index (Phi) is 4.86. The largest absolute Gasteiger partial charge is 0.369 e. The highest BCUT2D eigenvalue weighted by Gasteiger charge is 2.28. The van der Waals surface area contributed by atoms with Gasteiger partial charge >= 0.3 is 5.69 Å². The van der Waals surface area contributed by atoms with Gasteiger partial charge in [0.2, 0.25) is 0 Å². The van der Waals surface area contributed by atoms with E-state index in [1.807, 2.05) is 0 Å². The van der Waals surface area contributed by atoms with Gasteiger partial charge < -0.3 is 16.5 Å². The number of halogens is 4. The van der Waals surface area contributed by atoms with Crippen LogP contribution < -0.4 is 33.2 Å². The van der Waals surface area contributed by atoms with Gasteiger partial charge in [-0.25, -0.2) is 22.6 Å². The summed E-state index contributed by atoms with van der Waals surface area (Å²) in [6, 6.07) is 3.33. The van der Waals surface area contributed by atoms with Gasteiger partial charge in [-0.05, 0) is 24.6 Å². The van der Waals surface area contributed by atoms with Crippen molar-refractivity contribution in [1.29, 1.82) is 0 Å². The number of nitrogen functional groups attached to an aromatic ring is 1. The topological polar surface area (TPSA) is 111 Å². The maximum absolute atomic E-state index is 14.9. The number of hydrogen-bond acceptors (Lipinski definition) is 6. The molecule has 158 valence electrons. The summed E-state index contributed by atoms with van der Waals surface area (Å²) < 4.78 is 43.2. The van der Waals surface area contributed by atoms with Gasteiger partial charge in [-0.15, -0.1) is 0 Å². The van der Waals surface area contributed by atoms with E-state index >= 15 is 0 Å². The van der Waals surface area contributed by atoms with Crippen molar-refractivity contribution < 1.29 is 13.2 Å². The first-order valence-electron chi connectivity index (χ1n) is 8.86. The van der Waals surface area contributed by atoms with E-state index in [2.05, 4.69) is 5.43 Å². The van der Waals surface area contributed by atoms with E-state index in [0.717, 1.165) is 18.2 Å². The van der Waals surface area contributed by atoms with Crippen LogP contribution in [0.25, 0.3) is 10.9 Å². The Hall–Kier alpha value is -3.18. The third-order valence-electron chi connectivity index (χ3n) is 4.94. The van der Waals surface area contributed by atoms with Crippen molar-refractivity contribution in [3.05, 3.63) is 67.6 Å². The molecule has 5 N–H and O–H groups in total. The zero-order valence-corrected chi connectivity index (χ0v) is 16.1. The van der Waals surface area contributed by atoms with E-state index in [4.69, 9.17) is 23.2 Å². The molecule has 1 saturated heterocycles.